The van der Waals surface area contributed by atoms with Crippen molar-refractivity contribution in [3.05, 3.63) is 75.8 Å². The average Bonchev–Trinajstić information content (AvgIpc) is 2.75. The minimum atomic E-state index is -0.301. The highest BCUT2D eigenvalue weighted by atomic mass is 35.5. The Balaban J connectivity index is 1.56. The average molecular weight is 428 g/mol. The normalized spacial score (nSPS) is 10.5. The van der Waals surface area contributed by atoms with Gasteiger partial charge in [0.15, 0.2) is 11.5 Å². The van der Waals surface area contributed by atoms with Crippen molar-refractivity contribution >= 4 is 17.5 Å². The van der Waals surface area contributed by atoms with Gasteiger partial charge in [-0.1, -0.05) is 29.8 Å². The van der Waals surface area contributed by atoms with E-state index in [9.17, 15) is 9.59 Å². The Kier molecular flexibility index (Phi) is 7.08. The van der Waals surface area contributed by atoms with Crippen LogP contribution in [0.1, 0.15) is 5.56 Å². The van der Waals surface area contributed by atoms with Crippen molar-refractivity contribution in [2.45, 2.75) is 13.0 Å². The summed E-state index contributed by atoms with van der Waals surface area (Å²) in [5.41, 5.74) is 2.01. The molecule has 0 aliphatic heterocycles. The standard InChI is InChI=1S/C22H22ClN3O4/c1-29-19-8-3-15(11-20(19)30-2)9-10-24-21(27)13-26-14-25-18(12-22(26)28)16-4-6-17(23)7-5-16/h3-8,11-12,14H,9-10,13H2,1-2H3,(H,24,27). The molecule has 0 radical (unpaired) electrons. The lowest BCUT2D eigenvalue weighted by Gasteiger charge is -2.10. The van der Waals surface area contributed by atoms with Crippen LogP contribution in [0.25, 0.3) is 11.3 Å². The van der Waals surface area contributed by atoms with Crippen LogP contribution in [0.15, 0.2) is 59.7 Å². The third-order valence-corrected chi connectivity index (χ3v) is 4.77. The molecule has 8 heteroatoms. The molecule has 3 aromatic rings. The largest absolute Gasteiger partial charge is 0.493 e. The van der Waals surface area contributed by atoms with E-state index in [1.807, 2.05) is 18.2 Å². The SMILES string of the molecule is COc1ccc(CCNC(=O)Cn2cnc(-c3ccc(Cl)cc3)cc2=O)cc1OC. The molecule has 0 unspecified atom stereocenters. The molecule has 0 aliphatic rings. The van der Waals surface area contributed by atoms with Gasteiger partial charge in [0.1, 0.15) is 6.54 Å². The number of nitrogens with zero attached hydrogens (tertiary/aromatic N) is 2. The van der Waals surface area contributed by atoms with Gasteiger partial charge in [-0.15, -0.1) is 0 Å². The first-order valence-corrected chi connectivity index (χ1v) is 9.68. The molecule has 0 atom stereocenters. The Morgan fingerprint density at radius 1 is 1.07 bits per heavy atom. The molecule has 1 heterocycles. The molecule has 156 valence electrons. The smallest absolute Gasteiger partial charge is 0.254 e. The van der Waals surface area contributed by atoms with Crippen molar-refractivity contribution in [2.75, 3.05) is 20.8 Å². The molecule has 0 saturated carbocycles. The number of halogens is 1. The molecule has 0 aliphatic carbocycles. The van der Waals surface area contributed by atoms with E-state index in [0.29, 0.717) is 35.2 Å². The molecule has 1 aromatic heterocycles. The fourth-order valence-corrected chi connectivity index (χ4v) is 3.04. The first-order chi connectivity index (χ1) is 14.5. The molecule has 2 aromatic carbocycles. The zero-order valence-electron chi connectivity index (χ0n) is 16.7. The number of rotatable bonds is 8. The Bertz CT molecular complexity index is 1080. The van der Waals surface area contributed by atoms with Crippen molar-refractivity contribution in [3.8, 4) is 22.8 Å². The highest BCUT2D eigenvalue weighted by Crippen LogP contribution is 2.27. The van der Waals surface area contributed by atoms with Crippen LogP contribution in [0.4, 0.5) is 0 Å². The Morgan fingerprint density at radius 3 is 2.47 bits per heavy atom. The number of hydrogen-bond acceptors (Lipinski definition) is 5. The van der Waals surface area contributed by atoms with Crippen LogP contribution >= 0.6 is 11.6 Å². The fourth-order valence-electron chi connectivity index (χ4n) is 2.92. The van der Waals surface area contributed by atoms with E-state index in [1.165, 1.54) is 17.0 Å². The van der Waals surface area contributed by atoms with E-state index in [2.05, 4.69) is 10.3 Å². The van der Waals surface area contributed by atoms with Crippen LogP contribution in [0.3, 0.4) is 0 Å². The minimum absolute atomic E-state index is 0.0985. The molecule has 0 spiro atoms. The van der Waals surface area contributed by atoms with Gasteiger partial charge in [0.05, 0.1) is 26.2 Å². The van der Waals surface area contributed by atoms with Gasteiger partial charge >= 0.3 is 0 Å². The summed E-state index contributed by atoms with van der Waals surface area (Å²) in [4.78, 5) is 28.8. The van der Waals surface area contributed by atoms with Gasteiger partial charge < -0.3 is 14.8 Å². The lowest BCUT2D eigenvalue weighted by Crippen LogP contribution is -2.33. The summed E-state index contributed by atoms with van der Waals surface area (Å²) in [6.07, 6.45) is 1.99. The number of amides is 1. The summed E-state index contributed by atoms with van der Waals surface area (Å²) in [7, 11) is 3.16. The van der Waals surface area contributed by atoms with Crippen LogP contribution in [0, 0.1) is 0 Å². The summed E-state index contributed by atoms with van der Waals surface area (Å²) in [6.45, 7) is 0.331. The van der Waals surface area contributed by atoms with Gasteiger partial charge in [0.25, 0.3) is 5.56 Å². The number of nitrogens with one attached hydrogen (secondary N) is 1. The molecule has 7 nitrogen and oxygen atoms in total. The maximum absolute atomic E-state index is 12.3. The maximum Gasteiger partial charge on any atom is 0.254 e. The van der Waals surface area contributed by atoms with E-state index in [0.717, 1.165) is 11.1 Å². The van der Waals surface area contributed by atoms with Crippen molar-refractivity contribution in [3.63, 3.8) is 0 Å². The number of aromatic nitrogens is 2. The maximum atomic E-state index is 12.3. The third-order valence-electron chi connectivity index (χ3n) is 4.52. The van der Waals surface area contributed by atoms with Crippen LogP contribution in [-0.2, 0) is 17.8 Å². The summed E-state index contributed by atoms with van der Waals surface area (Å²) >= 11 is 5.88. The molecule has 0 fully saturated rings. The summed E-state index contributed by atoms with van der Waals surface area (Å²) < 4.78 is 11.8. The Hall–Kier alpha value is -3.32. The monoisotopic (exact) mass is 427 g/mol. The fraction of sp³-hybridized carbons (Fsp3) is 0.227. The van der Waals surface area contributed by atoms with E-state index >= 15 is 0 Å². The summed E-state index contributed by atoms with van der Waals surface area (Å²) in [6, 6.07) is 14.0. The third kappa shape index (κ3) is 5.39. The van der Waals surface area contributed by atoms with Gasteiger partial charge in [-0.2, -0.15) is 0 Å². The second kappa shape index (κ2) is 9.93. The number of benzene rings is 2. The van der Waals surface area contributed by atoms with Crippen LogP contribution in [-0.4, -0.2) is 36.2 Å². The molecular formula is C22H22ClN3O4. The van der Waals surface area contributed by atoms with Crippen molar-refractivity contribution < 1.29 is 14.3 Å². The second-order valence-corrected chi connectivity index (χ2v) is 6.97. The quantitative estimate of drug-likeness (QED) is 0.597. The topological polar surface area (TPSA) is 82.5 Å². The number of hydrogen-bond donors (Lipinski definition) is 1. The van der Waals surface area contributed by atoms with Gasteiger partial charge in [0, 0.05) is 23.2 Å². The lowest BCUT2D eigenvalue weighted by molar-refractivity contribution is -0.121. The zero-order chi connectivity index (χ0) is 21.5. The van der Waals surface area contributed by atoms with E-state index in [-0.39, 0.29) is 18.0 Å². The minimum Gasteiger partial charge on any atom is -0.493 e. The van der Waals surface area contributed by atoms with E-state index in [4.69, 9.17) is 21.1 Å². The molecular weight excluding hydrogens is 406 g/mol. The molecule has 0 bridgehead atoms. The molecule has 0 saturated heterocycles. The van der Waals surface area contributed by atoms with E-state index < -0.39 is 0 Å². The van der Waals surface area contributed by atoms with Crippen molar-refractivity contribution in [1.82, 2.24) is 14.9 Å². The second-order valence-electron chi connectivity index (χ2n) is 6.54. The molecule has 1 amide bonds. The molecule has 1 N–H and O–H groups in total. The zero-order valence-corrected chi connectivity index (χ0v) is 17.5. The Labute approximate surface area is 179 Å². The number of methoxy groups -OCH3 is 2. The lowest BCUT2D eigenvalue weighted by atomic mass is 10.1. The van der Waals surface area contributed by atoms with Crippen LogP contribution in [0.2, 0.25) is 5.02 Å². The van der Waals surface area contributed by atoms with Crippen molar-refractivity contribution in [1.29, 1.82) is 0 Å². The number of ether oxygens (including phenoxy) is 2. The van der Waals surface area contributed by atoms with Crippen molar-refractivity contribution in [2.24, 2.45) is 0 Å². The van der Waals surface area contributed by atoms with Crippen LogP contribution < -0.4 is 20.3 Å². The highest BCUT2D eigenvalue weighted by molar-refractivity contribution is 6.30. The number of carbonyl (C=O) groups excluding carboxylic acids is 1. The van der Waals surface area contributed by atoms with E-state index in [1.54, 1.807) is 38.5 Å². The first-order valence-electron chi connectivity index (χ1n) is 9.30. The first kappa shape index (κ1) is 21.4. The van der Waals surface area contributed by atoms with Gasteiger partial charge in [-0.05, 0) is 36.2 Å². The summed E-state index contributed by atoms with van der Waals surface area (Å²) in [5, 5.41) is 3.42. The number of carbonyl (C=O) groups is 1. The highest BCUT2D eigenvalue weighted by Gasteiger charge is 2.08. The molecule has 30 heavy (non-hydrogen) atoms. The van der Waals surface area contributed by atoms with Gasteiger partial charge in [0.2, 0.25) is 5.91 Å². The van der Waals surface area contributed by atoms with Gasteiger partial charge in [-0.25, -0.2) is 4.98 Å². The van der Waals surface area contributed by atoms with Gasteiger partial charge in [-0.3, -0.25) is 14.2 Å². The Morgan fingerprint density at radius 2 is 1.80 bits per heavy atom. The predicted molar refractivity (Wildman–Crippen MR) is 115 cm³/mol. The van der Waals surface area contributed by atoms with Crippen LogP contribution in [0.5, 0.6) is 11.5 Å². The summed E-state index contributed by atoms with van der Waals surface area (Å²) in [5.74, 6) is 1.03. The predicted octanol–water partition coefficient (Wildman–Crippen LogP) is 2.94. The molecule has 3 rings (SSSR count).